The van der Waals surface area contributed by atoms with Crippen LogP contribution in [0.3, 0.4) is 0 Å². The number of hydrogen-bond acceptors (Lipinski definition) is 4. The maximum Gasteiger partial charge on any atom is 0.262 e. The third-order valence-corrected chi connectivity index (χ3v) is 5.30. The molecule has 0 spiro atoms. The van der Waals surface area contributed by atoms with Crippen LogP contribution in [0.25, 0.3) is 0 Å². The summed E-state index contributed by atoms with van der Waals surface area (Å²) in [7, 11) is -3.70. The number of aliphatic hydroxyl groups excluding tert-OH is 1. The van der Waals surface area contributed by atoms with Gasteiger partial charge in [-0.15, -0.1) is 0 Å². The molecule has 0 aliphatic rings. The second-order valence-corrected chi connectivity index (χ2v) is 7.86. The van der Waals surface area contributed by atoms with Crippen molar-refractivity contribution in [2.45, 2.75) is 24.8 Å². The zero-order chi connectivity index (χ0) is 17.0. The van der Waals surface area contributed by atoms with Crippen molar-refractivity contribution in [1.82, 2.24) is 0 Å². The van der Waals surface area contributed by atoms with Crippen molar-refractivity contribution in [3.8, 4) is 0 Å². The lowest BCUT2D eigenvalue weighted by Gasteiger charge is -2.18. The lowest BCUT2D eigenvalue weighted by molar-refractivity contribution is 0.281. The van der Waals surface area contributed by atoms with E-state index in [1.807, 2.05) is 6.92 Å². The number of hydrogen-bond donors (Lipinski definition) is 3. The smallest absolute Gasteiger partial charge is 0.262 e. The molecule has 0 saturated carbocycles. The van der Waals surface area contributed by atoms with Gasteiger partial charge in [0, 0.05) is 10.5 Å². The number of rotatable bonds is 6. The Hall–Kier alpha value is -1.57. The third kappa shape index (κ3) is 4.46. The summed E-state index contributed by atoms with van der Waals surface area (Å²) in [6, 6.07) is 11.9. The monoisotopic (exact) mass is 398 g/mol. The molecule has 2 aromatic carbocycles. The molecule has 7 heteroatoms. The van der Waals surface area contributed by atoms with E-state index in [4.69, 9.17) is 0 Å². The molecule has 3 N–H and O–H groups in total. The number of sulfonamides is 1. The van der Waals surface area contributed by atoms with Gasteiger partial charge in [-0.3, -0.25) is 4.72 Å². The van der Waals surface area contributed by atoms with Crippen LogP contribution in [-0.4, -0.2) is 26.2 Å². The summed E-state index contributed by atoms with van der Waals surface area (Å²) < 4.78 is 28.6. The predicted molar refractivity (Wildman–Crippen MR) is 96.3 cm³/mol. The average molecular weight is 399 g/mol. The van der Waals surface area contributed by atoms with E-state index in [0.717, 1.165) is 4.47 Å². The van der Waals surface area contributed by atoms with Crippen LogP contribution in [0, 0.1) is 6.92 Å². The summed E-state index contributed by atoms with van der Waals surface area (Å²) in [5, 5.41) is 12.3. The van der Waals surface area contributed by atoms with Crippen molar-refractivity contribution in [2.75, 3.05) is 16.6 Å². The Balaban J connectivity index is 2.39. The lowest BCUT2D eigenvalue weighted by atomic mass is 10.2. The van der Waals surface area contributed by atoms with Gasteiger partial charge in [0.2, 0.25) is 0 Å². The van der Waals surface area contributed by atoms with Gasteiger partial charge in [-0.1, -0.05) is 34.1 Å². The number of anilines is 2. The predicted octanol–water partition coefficient (Wildman–Crippen LogP) is 3.35. The maximum atomic E-state index is 12.6. The zero-order valence-corrected chi connectivity index (χ0v) is 15.3. The van der Waals surface area contributed by atoms with E-state index in [9.17, 15) is 13.5 Å². The Labute approximate surface area is 144 Å². The van der Waals surface area contributed by atoms with E-state index in [-0.39, 0.29) is 17.5 Å². The number of halogens is 1. The van der Waals surface area contributed by atoms with Crippen LogP contribution in [0.4, 0.5) is 11.4 Å². The Kier molecular flexibility index (Phi) is 5.67. The average Bonchev–Trinajstić information content (AvgIpc) is 2.49. The van der Waals surface area contributed by atoms with Crippen LogP contribution < -0.4 is 10.0 Å². The summed E-state index contributed by atoms with van der Waals surface area (Å²) in [6.45, 7) is 3.50. The fraction of sp³-hybridized carbons (Fsp3) is 0.250. The van der Waals surface area contributed by atoms with Crippen molar-refractivity contribution in [3.63, 3.8) is 0 Å². The van der Waals surface area contributed by atoms with E-state index in [2.05, 4.69) is 26.0 Å². The van der Waals surface area contributed by atoms with Crippen LogP contribution in [0.1, 0.15) is 12.5 Å². The van der Waals surface area contributed by atoms with Crippen LogP contribution in [0.5, 0.6) is 0 Å². The normalized spacial score (nSPS) is 12.7. The van der Waals surface area contributed by atoms with E-state index >= 15 is 0 Å². The molecule has 0 amide bonds. The van der Waals surface area contributed by atoms with Crippen molar-refractivity contribution >= 4 is 37.3 Å². The highest BCUT2D eigenvalue weighted by molar-refractivity contribution is 9.10. The quantitative estimate of drug-likeness (QED) is 0.696. The van der Waals surface area contributed by atoms with Crippen LogP contribution in [0.2, 0.25) is 0 Å². The number of nitrogens with one attached hydrogen (secondary N) is 2. The van der Waals surface area contributed by atoms with Crippen molar-refractivity contribution in [2.24, 2.45) is 0 Å². The number of benzene rings is 2. The largest absolute Gasteiger partial charge is 0.394 e. The van der Waals surface area contributed by atoms with E-state index in [1.165, 1.54) is 0 Å². The summed E-state index contributed by atoms with van der Waals surface area (Å²) in [5.41, 5.74) is 1.70. The van der Waals surface area contributed by atoms with Gasteiger partial charge < -0.3 is 10.4 Å². The van der Waals surface area contributed by atoms with Crippen LogP contribution in [0.15, 0.2) is 51.8 Å². The highest BCUT2D eigenvalue weighted by Crippen LogP contribution is 2.29. The van der Waals surface area contributed by atoms with Crippen molar-refractivity contribution < 1.29 is 13.5 Å². The van der Waals surface area contributed by atoms with Crippen molar-refractivity contribution in [3.05, 3.63) is 52.5 Å². The lowest BCUT2D eigenvalue weighted by Crippen LogP contribution is -2.21. The van der Waals surface area contributed by atoms with Gasteiger partial charge in [-0.05, 0) is 43.7 Å². The van der Waals surface area contributed by atoms with E-state index in [0.29, 0.717) is 16.9 Å². The van der Waals surface area contributed by atoms with Gasteiger partial charge >= 0.3 is 0 Å². The summed E-state index contributed by atoms with van der Waals surface area (Å²) in [4.78, 5) is 0.237. The van der Waals surface area contributed by atoms with E-state index in [1.54, 1.807) is 49.4 Å². The molecule has 0 aliphatic carbocycles. The molecule has 1 atom stereocenters. The van der Waals surface area contributed by atoms with Gasteiger partial charge in [0.15, 0.2) is 0 Å². The third-order valence-electron chi connectivity index (χ3n) is 3.28. The first-order chi connectivity index (χ1) is 10.8. The molecule has 2 rings (SSSR count). The molecule has 0 heterocycles. The second kappa shape index (κ2) is 7.33. The highest BCUT2D eigenvalue weighted by Gasteiger charge is 2.18. The van der Waals surface area contributed by atoms with E-state index < -0.39 is 10.0 Å². The first kappa shape index (κ1) is 17.8. The molecular weight excluding hydrogens is 380 g/mol. The zero-order valence-electron chi connectivity index (χ0n) is 12.9. The minimum atomic E-state index is -3.70. The summed E-state index contributed by atoms with van der Waals surface area (Å²) >= 11 is 3.35. The Morgan fingerprint density at radius 2 is 1.87 bits per heavy atom. The first-order valence-electron chi connectivity index (χ1n) is 7.09. The molecule has 0 fully saturated rings. The molecule has 0 saturated heterocycles. The number of aryl methyl sites for hydroxylation is 1. The van der Waals surface area contributed by atoms with Gasteiger partial charge in [0.25, 0.3) is 10.0 Å². The fourth-order valence-corrected chi connectivity index (χ4v) is 3.77. The molecule has 2 aromatic rings. The molecule has 5 nitrogen and oxygen atoms in total. The van der Waals surface area contributed by atoms with Crippen LogP contribution >= 0.6 is 15.9 Å². The van der Waals surface area contributed by atoms with Gasteiger partial charge in [-0.25, -0.2) is 8.42 Å². The first-order valence-corrected chi connectivity index (χ1v) is 9.36. The minimum Gasteiger partial charge on any atom is -0.394 e. The summed E-state index contributed by atoms with van der Waals surface area (Å²) in [6.07, 6.45) is 0. The van der Waals surface area contributed by atoms with Crippen LogP contribution in [-0.2, 0) is 10.0 Å². The molecule has 0 radical (unpaired) electrons. The Bertz CT molecular complexity index is 794. The second-order valence-electron chi connectivity index (χ2n) is 5.29. The highest BCUT2D eigenvalue weighted by atomic mass is 79.9. The summed E-state index contributed by atoms with van der Waals surface area (Å²) in [5.74, 6) is 0. The topological polar surface area (TPSA) is 78.4 Å². The maximum absolute atomic E-state index is 12.6. The van der Waals surface area contributed by atoms with Crippen molar-refractivity contribution in [1.29, 1.82) is 0 Å². The number of aliphatic hydroxyl groups is 1. The molecule has 1 unspecified atom stereocenters. The Morgan fingerprint density at radius 3 is 2.52 bits per heavy atom. The standard InChI is InChI=1S/C16H19BrN2O3S/c1-11-5-3-4-6-16(11)23(21,22)19-15-9-13(17)7-8-14(15)18-12(2)10-20/h3-9,12,18-20H,10H2,1-2H3. The molecule has 0 bridgehead atoms. The van der Waals surface area contributed by atoms with Gasteiger partial charge in [-0.2, -0.15) is 0 Å². The fourth-order valence-electron chi connectivity index (χ4n) is 2.10. The minimum absolute atomic E-state index is 0.0555. The Morgan fingerprint density at radius 1 is 1.17 bits per heavy atom. The van der Waals surface area contributed by atoms with Gasteiger partial charge in [0.05, 0.1) is 22.9 Å². The molecule has 0 aromatic heterocycles. The van der Waals surface area contributed by atoms with Gasteiger partial charge in [0.1, 0.15) is 0 Å². The SMILES string of the molecule is Cc1ccccc1S(=O)(=O)Nc1cc(Br)ccc1NC(C)CO. The molecule has 23 heavy (non-hydrogen) atoms. The molecule has 124 valence electrons. The molecule has 0 aliphatic heterocycles. The molecular formula is C16H19BrN2O3S.